The van der Waals surface area contributed by atoms with Crippen LogP contribution in [0.2, 0.25) is 0 Å². The Kier molecular flexibility index (Phi) is 5.73. The van der Waals surface area contributed by atoms with Crippen LogP contribution < -0.4 is 5.32 Å². The molecule has 3 nitrogen and oxygen atoms in total. The lowest BCUT2D eigenvalue weighted by atomic mass is 9.93. The minimum Gasteiger partial charge on any atom is -0.390 e. The summed E-state index contributed by atoms with van der Waals surface area (Å²) in [4.78, 5) is 0. The maximum absolute atomic E-state index is 10.2. The average Bonchev–Trinajstić information content (AvgIpc) is 2.58. The molecule has 3 atom stereocenters. The summed E-state index contributed by atoms with van der Waals surface area (Å²) in [5.74, 6) is 0. The summed E-state index contributed by atoms with van der Waals surface area (Å²) in [5, 5.41) is 13.6. The van der Waals surface area contributed by atoms with E-state index in [1.165, 1.54) is 0 Å². The van der Waals surface area contributed by atoms with E-state index >= 15 is 0 Å². The van der Waals surface area contributed by atoms with Crippen LogP contribution in [0.4, 0.5) is 0 Å². The van der Waals surface area contributed by atoms with E-state index in [-0.39, 0.29) is 6.10 Å². The van der Waals surface area contributed by atoms with E-state index in [1.54, 1.807) is 0 Å². The Balaban J connectivity index is 2.17. The van der Waals surface area contributed by atoms with E-state index in [0.717, 1.165) is 45.2 Å². The lowest BCUT2D eigenvalue weighted by Gasteiger charge is -2.26. The molecule has 3 unspecified atom stereocenters. The third-order valence-corrected chi connectivity index (χ3v) is 3.25. The molecule has 1 aliphatic heterocycles. The second-order valence-electron chi connectivity index (χ2n) is 5.35. The first kappa shape index (κ1) is 13.9. The van der Waals surface area contributed by atoms with Gasteiger partial charge in [-0.05, 0) is 52.6 Å². The lowest BCUT2D eigenvalue weighted by Crippen LogP contribution is -2.34. The molecule has 1 rings (SSSR count). The molecule has 1 saturated heterocycles. The predicted molar refractivity (Wildman–Crippen MR) is 66.6 cm³/mol. The van der Waals surface area contributed by atoms with E-state index in [1.807, 2.05) is 6.92 Å². The number of ether oxygens (including phenoxy) is 1. The number of nitrogens with one attached hydrogen (secondary N) is 1. The first-order chi connectivity index (χ1) is 7.53. The third-order valence-electron chi connectivity index (χ3n) is 3.25. The van der Waals surface area contributed by atoms with Crippen molar-refractivity contribution in [1.29, 1.82) is 0 Å². The van der Waals surface area contributed by atoms with Crippen LogP contribution >= 0.6 is 0 Å². The Morgan fingerprint density at radius 1 is 1.38 bits per heavy atom. The van der Waals surface area contributed by atoms with Gasteiger partial charge in [-0.3, -0.25) is 0 Å². The molecule has 16 heavy (non-hydrogen) atoms. The lowest BCUT2D eigenvalue weighted by molar-refractivity contribution is -0.0275. The summed E-state index contributed by atoms with van der Waals surface area (Å²) in [7, 11) is 0. The maximum atomic E-state index is 10.2. The highest BCUT2D eigenvalue weighted by molar-refractivity contribution is 4.81. The van der Waals surface area contributed by atoms with Crippen LogP contribution in [0.3, 0.4) is 0 Å². The van der Waals surface area contributed by atoms with Gasteiger partial charge in [-0.15, -0.1) is 0 Å². The SMILES string of the molecule is CCCNCCC(C)(O)CC1CCC(C)O1. The minimum absolute atomic E-state index is 0.260. The Morgan fingerprint density at radius 2 is 2.12 bits per heavy atom. The Morgan fingerprint density at radius 3 is 2.69 bits per heavy atom. The van der Waals surface area contributed by atoms with Gasteiger partial charge in [-0.2, -0.15) is 0 Å². The zero-order chi connectivity index (χ0) is 12.0. The molecule has 0 aliphatic carbocycles. The molecule has 96 valence electrons. The van der Waals surface area contributed by atoms with Gasteiger partial charge in [0.05, 0.1) is 17.8 Å². The van der Waals surface area contributed by atoms with Gasteiger partial charge in [0.1, 0.15) is 0 Å². The minimum atomic E-state index is -0.588. The zero-order valence-electron chi connectivity index (χ0n) is 11.0. The average molecular weight is 229 g/mol. The first-order valence-corrected chi connectivity index (χ1v) is 6.62. The molecule has 0 saturated carbocycles. The zero-order valence-corrected chi connectivity index (χ0v) is 11.0. The molecule has 1 heterocycles. The highest BCUT2D eigenvalue weighted by Crippen LogP contribution is 2.27. The van der Waals surface area contributed by atoms with Crippen LogP contribution in [0.15, 0.2) is 0 Å². The largest absolute Gasteiger partial charge is 0.390 e. The smallest absolute Gasteiger partial charge is 0.0656 e. The van der Waals surface area contributed by atoms with E-state index in [4.69, 9.17) is 4.74 Å². The first-order valence-electron chi connectivity index (χ1n) is 6.62. The summed E-state index contributed by atoms with van der Waals surface area (Å²) < 4.78 is 5.74. The van der Waals surface area contributed by atoms with Crippen LogP contribution in [0, 0.1) is 0 Å². The molecule has 0 spiro atoms. The van der Waals surface area contributed by atoms with Gasteiger partial charge in [0.2, 0.25) is 0 Å². The van der Waals surface area contributed by atoms with E-state index in [0.29, 0.717) is 6.10 Å². The van der Waals surface area contributed by atoms with Crippen molar-refractivity contribution in [2.24, 2.45) is 0 Å². The van der Waals surface area contributed by atoms with Crippen molar-refractivity contribution in [1.82, 2.24) is 5.32 Å². The van der Waals surface area contributed by atoms with E-state index in [2.05, 4.69) is 19.2 Å². The van der Waals surface area contributed by atoms with Gasteiger partial charge in [0.25, 0.3) is 0 Å². The molecule has 1 aliphatic rings. The molecule has 0 aromatic carbocycles. The quantitative estimate of drug-likeness (QED) is 0.657. The van der Waals surface area contributed by atoms with Crippen molar-refractivity contribution in [2.45, 2.75) is 70.7 Å². The standard InChI is InChI=1S/C13H27NO2/c1-4-8-14-9-7-13(3,15)10-12-6-5-11(2)16-12/h11-12,14-15H,4-10H2,1-3H3. The monoisotopic (exact) mass is 229 g/mol. The number of rotatable bonds is 7. The van der Waals surface area contributed by atoms with Crippen LogP contribution in [-0.2, 0) is 4.74 Å². The van der Waals surface area contributed by atoms with Crippen molar-refractivity contribution in [2.75, 3.05) is 13.1 Å². The second-order valence-corrected chi connectivity index (χ2v) is 5.35. The topological polar surface area (TPSA) is 41.5 Å². The molecule has 0 radical (unpaired) electrons. The van der Waals surface area contributed by atoms with E-state index in [9.17, 15) is 5.11 Å². The summed E-state index contributed by atoms with van der Waals surface area (Å²) >= 11 is 0. The van der Waals surface area contributed by atoms with Crippen molar-refractivity contribution in [3.63, 3.8) is 0 Å². The predicted octanol–water partition coefficient (Wildman–Crippen LogP) is 2.08. The fourth-order valence-corrected chi connectivity index (χ4v) is 2.29. The normalized spacial score (nSPS) is 29.2. The van der Waals surface area contributed by atoms with Crippen molar-refractivity contribution in [3.05, 3.63) is 0 Å². The molecule has 0 aromatic rings. The fraction of sp³-hybridized carbons (Fsp3) is 1.00. The molecular formula is C13H27NO2. The summed E-state index contributed by atoms with van der Waals surface area (Å²) in [6.45, 7) is 8.11. The van der Waals surface area contributed by atoms with Gasteiger partial charge in [-0.25, -0.2) is 0 Å². The summed E-state index contributed by atoms with van der Waals surface area (Å²) in [5.41, 5.74) is -0.588. The molecule has 1 fully saturated rings. The van der Waals surface area contributed by atoms with Gasteiger partial charge >= 0.3 is 0 Å². The maximum Gasteiger partial charge on any atom is 0.0656 e. The molecule has 0 amide bonds. The number of hydrogen-bond acceptors (Lipinski definition) is 3. The van der Waals surface area contributed by atoms with Gasteiger partial charge < -0.3 is 15.2 Å². The van der Waals surface area contributed by atoms with Crippen molar-refractivity contribution >= 4 is 0 Å². The molecule has 0 aromatic heterocycles. The second kappa shape index (κ2) is 6.58. The van der Waals surface area contributed by atoms with E-state index < -0.39 is 5.60 Å². The summed E-state index contributed by atoms with van der Waals surface area (Å²) in [6, 6.07) is 0. The Bertz CT molecular complexity index is 194. The number of aliphatic hydroxyl groups is 1. The van der Waals surface area contributed by atoms with Crippen LogP contribution in [0.1, 0.15) is 52.9 Å². The highest BCUT2D eigenvalue weighted by atomic mass is 16.5. The van der Waals surface area contributed by atoms with Crippen molar-refractivity contribution in [3.8, 4) is 0 Å². The Hall–Kier alpha value is -0.120. The van der Waals surface area contributed by atoms with Crippen LogP contribution in [0.5, 0.6) is 0 Å². The molecule has 2 N–H and O–H groups in total. The van der Waals surface area contributed by atoms with Gasteiger partial charge in [-0.1, -0.05) is 6.92 Å². The highest BCUT2D eigenvalue weighted by Gasteiger charge is 2.30. The molecular weight excluding hydrogens is 202 g/mol. The Labute approximate surface area is 99.6 Å². The van der Waals surface area contributed by atoms with Crippen molar-refractivity contribution < 1.29 is 9.84 Å². The fourth-order valence-electron chi connectivity index (χ4n) is 2.29. The van der Waals surface area contributed by atoms with Gasteiger partial charge in [0.15, 0.2) is 0 Å². The molecule has 3 heteroatoms. The van der Waals surface area contributed by atoms with Crippen LogP contribution in [0.25, 0.3) is 0 Å². The third kappa shape index (κ3) is 5.28. The molecule has 0 bridgehead atoms. The van der Waals surface area contributed by atoms with Gasteiger partial charge in [0, 0.05) is 6.42 Å². The number of hydrogen-bond donors (Lipinski definition) is 2. The van der Waals surface area contributed by atoms with Crippen LogP contribution in [-0.4, -0.2) is 36.0 Å². The summed E-state index contributed by atoms with van der Waals surface area (Å²) in [6.07, 6.45) is 5.59.